The summed E-state index contributed by atoms with van der Waals surface area (Å²) >= 11 is 0. The Kier molecular flexibility index (Phi) is 6.63. The van der Waals surface area contributed by atoms with Crippen LogP contribution in [0, 0.1) is 11.8 Å². The molecule has 1 aliphatic carbocycles. The smallest absolute Gasteiger partial charge is 0.262 e. The Hall–Kier alpha value is -2.86. The lowest BCUT2D eigenvalue weighted by Gasteiger charge is -2.35. The van der Waals surface area contributed by atoms with Crippen LogP contribution in [0.2, 0.25) is 0 Å². The van der Waals surface area contributed by atoms with Crippen LogP contribution in [-0.4, -0.2) is 42.5 Å². The Labute approximate surface area is 195 Å². The molecule has 0 radical (unpaired) electrons. The zero-order chi connectivity index (χ0) is 22.6. The van der Waals surface area contributed by atoms with Crippen LogP contribution in [-0.2, 0) is 14.3 Å². The quantitative estimate of drug-likeness (QED) is 0.703. The molecule has 1 N–H and O–H groups in total. The van der Waals surface area contributed by atoms with E-state index in [4.69, 9.17) is 9.47 Å². The Balaban J connectivity index is 1.16. The average molecular weight is 449 g/mol. The minimum absolute atomic E-state index is 0.000969. The van der Waals surface area contributed by atoms with E-state index in [1.165, 1.54) is 12.8 Å². The molecule has 2 saturated heterocycles. The van der Waals surface area contributed by atoms with Crippen molar-refractivity contribution < 1.29 is 19.1 Å². The summed E-state index contributed by atoms with van der Waals surface area (Å²) in [7, 11) is 0. The maximum Gasteiger partial charge on any atom is 0.262 e. The van der Waals surface area contributed by atoms with Gasteiger partial charge in [-0.1, -0.05) is 43.2 Å². The summed E-state index contributed by atoms with van der Waals surface area (Å²) in [5, 5.41) is 2.92. The van der Waals surface area contributed by atoms with Gasteiger partial charge in [-0.15, -0.1) is 0 Å². The Bertz CT molecular complexity index is 973. The molecule has 0 bridgehead atoms. The molecule has 3 atom stereocenters. The summed E-state index contributed by atoms with van der Waals surface area (Å²) in [5.74, 6) is 1.45. The lowest BCUT2D eigenvalue weighted by Crippen LogP contribution is -2.46. The van der Waals surface area contributed by atoms with Crippen molar-refractivity contribution in [2.45, 2.75) is 50.7 Å². The van der Waals surface area contributed by atoms with Gasteiger partial charge in [0, 0.05) is 30.6 Å². The molecule has 3 aliphatic rings. The summed E-state index contributed by atoms with van der Waals surface area (Å²) in [6, 6.07) is 17.2. The molecular formula is C27H32N2O4. The first-order valence-corrected chi connectivity index (χ1v) is 12.2. The number of nitrogens with one attached hydrogen (secondary N) is 1. The molecule has 6 heteroatoms. The molecule has 1 saturated carbocycles. The van der Waals surface area contributed by atoms with E-state index in [9.17, 15) is 9.59 Å². The van der Waals surface area contributed by atoms with Crippen molar-refractivity contribution >= 4 is 17.5 Å². The van der Waals surface area contributed by atoms with Gasteiger partial charge in [0.1, 0.15) is 5.75 Å². The van der Waals surface area contributed by atoms with Gasteiger partial charge < -0.3 is 19.7 Å². The summed E-state index contributed by atoms with van der Waals surface area (Å²) in [6.45, 7) is 1.58. The van der Waals surface area contributed by atoms with Crippen molar-refractivity contribution in [3.63, 3.8) is 0 Å². The average Bonchev–Trinajstić information content (AvgIpc) is 3.53. The molecule has 2 aromatic rings. The second-order valence-electron chi connectivity index (χ2n) is 9.49. The van der Waals surface area contributed by atoms with Gasteiger partial charge in [0.15, 0.2) is 6.61 Å². The molecular weight excluding hydrogens is 416 g/mol. The van der Waals surface area contributed by atoms with Crippen molar-refractivity contribution in [2.75, 3.05) is 25.0 Å². The second kappa shape index (κ2) is 9.96. The molecule has 3 fully saturated rings. The number of amides is 2. The Morgan fingerprint density at radius 1 is 1.03 bits per heavy atom. The van der Waals surface area contributed by atoms with Crippen LogP contribution < -0.4 is 10.1 Å². The van der Waals surface area contributed by atoms with Crippen LogP contribution >= 0.6 is 0 Å². The number of ether oxygens (including phenoxy) is 2. The highest BCUT2D eigenvalue weighted by atomic mass is 16.5. The SMILES string of the molecule is O=C(COc1ccccc1)Nc1cccc(C2CC3CN(C(=O)C4CCCC4)CCC3O2)c1. The van der Waals surface area contributed by atoms with Crippen molar-refractivity contribution in [1.82, 2.24) is 4.90 Å². The van der Waals surface area contributed by atoms with E-state index < -0.39 is 0 Å². The van der Waals surface area contributed by atoms with Gasteiger partial charge in [-0.3, -0.25) is 9.59 Å². The van der Waals surface area contributed by atoms with E-state index in [2.05, 4.69) is 16.3 Å². The largest absolute Gasteiger partial charge is 0.484 e. The van der Waals surface area contributed by atoms with Crippen LogP contribution in [0.4, 0.5) is 5.69 Å². The molecule has 6 nitrogen and oxygen atoms in total. The van der Waals surface area contributed by atoms with Crippen molar-refractivity contribution in [3.05, 3.63) is 60.2 Å². The third kappa shape index (κ3) is 5.22. The van der Waals surface area contributed by atoms with Gasteiger partial charge in [-0.05, 0) is 55.5 Å². The summed E-state index contributed by atoms with van der Waals surface area (Å²) < 4.78 is 11.9. The highest BCUT2D eigenvalue weighted by Crippen LogP contribution is 2.42. The maximum atomic E-state index is 12.9. The van der Waals surface area contributed by atoms with Crippen LogP contribution in [0.1, 0.15) is 50.2 Å². The van der Waals surface area contributed by atoms with E-state index in [1.54, 1.807) is 0 Å². The summed E-state index contributed by atoms with van der Waals surface area (Å²) in [4.78, 5) is 27.3. The van der Waals surface area contributed by atoms with Gasteiger partial charge >= 0.3 is 0 Å². The fourth-order valence-electron chi connectivity index (χ4n) is 5.48. The monoisotopic (exact) mass is 448 g/mol. The summed E-state index contributed by atoms with van der Waals surface area (Å²) in [6.07, 6.45) is 6.51. The number of rotatable bonds is 6. The highest BCUT2D eigenvalue weighted by molar-refractivity contribution is 5.91. The fraction of sp³-hybridized carbons (Fsp3) is 0.481. The Morgan fingerprint density at radius 2 is 1.85 bits per heavy atom. The zero-order valence-electron chi connectivity index (χ0n) is 18.9. The number of likely N-dealkylation sites (tertiary alicyclic amines) is 1. The third-order valence-corrected chi connectivity index (χ3v) is 7.19. The fourth-order valence-corrected chi connectivity index (χ4v) is 5.48. The number of anilines is 1. The van der Waals surface area contributed by atoms with Gasteiger partial charge in [0.25, 0.3) is 5.91 Å². The van der Waals surface area contributed by atoms with Crippen LogP contribution in [0.3, 0.4) is 0 Å². The lowest BCUT2D eigenvalue weighted by atomic mass is 9.90. The number of fused-ring (bicyclic) bond motifs is 1. The number of nitrogens with zero attached hydrogens (tertiary/aromatic N) is 1. The van der Waals surface area contributed by atoms with Crippen molar-refractivity contribution in [1.29, 1.82) is 0 Å². The number of hydrogen-bond donors (Lipinski definition) is 1. The molecule has 5 rings (SSSR count). The third-order valence-electron chi connectivity index (χ3n) is 7.19. The Morgan fingerprint density at radius 3 is 2.67 bits per heavy atom. The van der Waals surface area contributed by atoms with Gasteiger partial charge in [0.2, 0.25) is 5.91 Å². The van der Waals surface area contributed by atoms with E-state index in [1.807, 2.05) is 48.5 Å². The summed E-state index contributed by atoms with van der Waals surface area (Å²) in [5.41, 5.74) is 1.81. The first-order valence-electron chi connectivity index (χ1n) is 12.2. The predicted octanol–water partition coefficient (Wildman–Crippen LogP) is 4.57. The lowest BCUT2D eigenvalue weighted by molar-refractivity contribution is -0.138. The molecule has 2 amide bonds. The first kappa shape index (κ1) is 22.0. The molecule has 2 heterocycles. The number of carbonyl (C=O) groups is 2. The molecule has 33 heavy (non-hydrogen) atoms. The van der Waals surface area contributed by atoms with Crippen molar-refractivity contribution in [2.24, 2.45) is 11.8 Å². The van der Waals surface area contributed by atoms with E-state index >= 15 is 0 Å². The first-order chi connectivity index (χ1) is 16.2. The van der Waals surface area contributed by atoms with Crippen molar-refractivity contribution in [3.8, 4) is 5.75 Å². The topological polar surface area (TPSA) is 67.9 Å². The number of para-hydroxylation sites is 1. The number of carbonyl (C=O) groups excluding carboxylic acids is 2. The number of piperidine rings is 1. The van der Waals surface area contributed by atoms with E-state index in [0.717, 1.165) is 50.0 Å². The maximum absolute atomic E-state index is 12.9. The standard InChI is InChI=1S/C27H32N2O4/c30-26(18-32-23-11-2-1-3-12-23)28-22-10-6-9-20(15-22)25-16-21-17-29(14-13-24(21)33-25)27(31)19-7-4-5-8-19/h1-3,6,9-12,15,19,21,24-25H,4-5,7-8,13-14,16-18H2,(H,28,30). The minimum Gasteiger partial charge on any atom is -0.484 e. The molecule has 0 spiro atoms. The van der Waals surface area contributed by atoms with Crippen LogP contribution in [0.25, 0.3) is 0 Å². The molecule has 0 aromatic heterocycles. The van der Waals surface area contributed by atoms with Gasteiger partial charge in [-0.25, -0.2) is 0 Å². The highest BCUT2D eigenvalue weighted by Gasteiger charge is 2.41. The zero-order valence-corrected chi connectivity index (χ0v) is 18.9. The van der Waals surface area contributed by atoms with Gasteiger partial charge in [0.05, 0.1) is 12.2 Å². The van der Waals surface area contributed by atoms with Crippen LogP contribution in [0.15, 0.2) is 54.6 Å². The molecule has 2 aliphatic heterocycles. The normalized spacial score (nSPS) is 25.0. The molecule has 174 valence electrons. The number of hydrogen-bond acceptors (Lipinski definition) is 4. The molecule has 3 unspecified atom stereocenters. The molecule has 2 aromatic carbocycles. The van der Waals surface area contributed by atoms with Gasteiger partial charge in [-0.2, -0.15) is 0 Å². The number of benzene rings is 2. The predicted molar refractivity (Wildman–Crippen MR) is 126 cm³/mol. The second-order valence-corrected chi connectivity index (χ2v) is 9.49. The van der Waals surface area contributed by atoms with E-state index in [-0.39, 0.29) is 30.6 Å². The van der Waals surface area contributed by atoms with Crippen LogP contribution in [0.5, 0.6) is 5.75 Å². The minimum atomic E-state index is -0.196. The van der Waals surface area contributed by atoms with E-state index in [0.29, 0.717) is 17.6 Å².